The van der Waals surface area contributed by atoms with Gasteiger partial charge in [-0.25, -0.2) is 8.42 Å². The molecule has 45 heavy (non-hydrogen) atoms. The van der Waals surface area contributed by atoms with E-state index in [9.17, 15) is 22.6 Å². The Labute approximate surface area is 262 Å². The van der Waals surface area contributed by atoms with Crippen LogP contribution >= 0.6 is 0 Å². The van der Waals surface area contributed by atoms with E-state index >= 15 is 0 Å². The zero-order chi connectivity index (χ0) is 32.2. The minimum Gasteiger partial charge on any atom is -0.748 e. The smallest absolute Gasteiger partial charge is 0.251 e. The molecule has 0 radical (unpaired) electrons. The van der Waals surface area contributed by atoms with Gasteiger partial charge in [0.2, 0.25) is 5.91 Å². The SMILES string of the molecule is CC(C)(C)c1ccc(C(Cc2ccc(C(=O)NCCS(=O)(=O)[O-])cc2)C(=O)Nc2ccc(-c3cc4ccccc4o3)nc2)cc1. The average Bonchev–Trinajstić information content (AvgIpc) is 3.44. The molecule has 2 amide bonds. The van der Waals surface area contributed by atoms with E-state index in [-0.39, 0.29) is 17.9 Å². The van der Waals surface area contributed by atoms with Crippen molar-refractivity contribution < 1.29 is 27.0 Å². The van der Waals surface area contributed by atoms with Gasteiger partial charge < -0.3 is 19.6 Å². The van der Waals surface area contributed by atoms with Crippen LogP contribution in [0.3, 0.4) is 0 Å². The highest BCUT2D eigenvalue weighted by Crippen LogP contribution is 2.29. The second-order valence-corrected chi connectivity index (χ2v) is 13.4. The monoisotopic (exact) mass is 624 g/mol. The summed E-state index contributed by atoms with van der Waals surface area (Å²) in [6, 6.07) is 28.0. The van der Waals surface area contributed by atoms with Gasteiger partial charge in [-0.05, 0) is 64.9 Å². The van der Waals surface area contributed by atoms with Crippen LogP contribution in [0.1, 0.15) is 53.7 Å². The average molecular weight is 625 g/mol. The van der Waals surface area contributed by atoms with Crippen molar-refractivity contribution in [2.45, 2.75) is 38.5 Å². The van der Waals surface area contributed by atoms with Crippen molar-refractivity contribution in [1.82, 2.24) is 10.3 Å². The summed E-state index contributed by atoms with van der Waals surface area (Å²) in [6.45, 7) is 6.12. The first-order valence-corrected chi connectivity index (χ1v) is 16.1. The molecule has 1 unspecified atom stereocenters. The number of pyridine rings is 1. The van der Waals surface area contributed by atoms with Crippen LogP contribution in [-0.2, 0) is 26.7 Å². The summed E-state index contributed by atoms with van der Waals surface area (Å²) in [4.78, 5) is 30.7. The molecule has 0 fully saturated rings. The summed E-state index contributed by atoms with van der Waals surface area (Å²) in [6.07, 6.45) is 1.97. The molecule has 0 saturated heterocycles. The van der Waals surface area contributed by atoms with Crippen molar-refractivity contribution in [2.24, 2.45) is 0 Å². The predicted molar refractivity (Wildman–Crippen MR) is 173 cm³/mol. The molecule has 3 aromatic carbocycles. The van der Waals surface area contributed by atoms with E-state index in [4.69, 9.17) is 4.42 Å². The lowest BCUT2D eigenvalue weighted by Gasteiger charge is -2.22. The third-order valence-corrected chi connectivity index (χ3v) is 8.20. The van der Waals surface area contributed by atoms with Gasteiger partial charge in [0.15, 0.2) is 5.76 Å². The summed E-state index contributed by atoms with van der Waals surface area (Å²) in [5.41, 5.74) is 5.05. The second-order valence-electron chi connectivity index (χ2n) is 11.9. The van der Waals surface area contributed by atoms with Gasteiger partial charge in [-0.2, -0.15) is 0 Å². The number of benzene rings is 3. The number of para-hydroxylation sites is 1. The minimum absolute atomic E-state index is 0.0438. The van der Waals surface area contributed by atoms with Crippen molar-refractivity contribution in [3.05, 3.63) is 119 Å². The molecule has 232 valence electrons. The van der Waals surface area contributed by atoms with E-state index in [0.717, 1.165) is 27.7 Å². The highest BCUT2D eigenvalue weighted by Gasteiger charge is 2.23. The fourth-order valence-electron chi connectivity index (χ4n) is 4.95. The zero-order valence-corrected chi connectivity index (χ0v) is 26.1. The number of anilines is 1. The van der Waals surface area contributed by atoms with Crippen LogP contribution in [-0.4, -0.2) is 42.1 Å². The molecule has 2 N–H and O–H groups in total. The van der Waals surface area contributed by atoms with Gasteiger partial charge in [0, 0.05) is 17.5 Å². The zero-order valence-electron chi connectivity index (χ0n) is 25.2. The lowest BCUT2D eigenvalue weighted by Crippen LogP contribution is -2.29. The van der Waals surface area contributed by atoms with E-state index in [1.54, 1.807) is 42.6 Å². The van der Waals surface area contributed by atoms with E-state index in [1.807, 2.05) is 54.6 Å². The summed E-state index contributed by atoms with van der Waals surface area (Å²) >= 11 is 0. The topological polar surface area (TPSA) is 141 Å². The molecule has 1 atom stereocenters. The lowest BCUT2D eigenvalue weighted by atomic mass is 9.84. The van der Waals surface area contributed by atoms with Gasteiger partial charge >= 0.3 is 0 Å². The van der Waals surface area contributed by atoms with Gasteiger partial charge in [0.05, 0.1) is 33.7 Å². The molecule has 0 aliphatic heterocycles. The fraction of sp³-hybridized carbons (Fsp3) is 0.229. The third-order valence-electron chi connectivity index (χ3n) is 7.50. The van der Waals surface area contributed by atoms with Crippen molar-refractivity contribution in [3.8, 4) is 11.5 Å². The number of nitrogens with one attached hydrogen (secondary N) is 2. The number of aromatic nitrogens is 1. The third kappa shape index (κ3) is 8.23. The molecule has 5 aromatic rings. The minimum atomic E-state index is -4.42. The highest BCUT2D eigenvalue weighted by atomic mass is 32.2. The summed E-state index contributed by atoms with van der Waals surface area (Å²) < 4.78 is 38.3. The van der Waals surface area contributed by atoms with Gasteiger partial charge in [-0.3, -0.25) is 14.6 Å². The lowest BCUT2D eigenvalue weighted by molar-refractivity contribution is -0.117. The van der Waals surface area contributed by atoms with Crippen molar-refractivity contribution in [3.63, 3.8) is 0 Å². The molecular weight excluding hydrogens is 590 g/mol. The molecule has 0 saturated carbocycles. The molecular formula is C35H34N3O6S-. The maximum absolute atomic E-state index is 13.7. The first-order valence-electron chi connectivity index (χ1n) is 14.5. The largest absolute Gasteiger partial charge is 0.748 e. The fourth-order valence-corrected chi connectivity index (χ4v) is 5.30. The molecule has 2 aromatic heterocycles. The van der Waals surface area contributed by atoms with Crippen LogP contribution in [0.4, 0.5) is 5.69 Å². The molecule has 0 aliphatic rings. The van der Waals surface area contributed by atoms with E-state index in [0.29, 0.717) is 29.1 Å². The van der Waals surface area contributed by atoms with Crippen LogP contribution in [0.5, 0.6) is 0 Å². The summed E-state index contributed by atoms with van der Waals surface area (Å²) in [7, 11) is -4.42. The summed E-state index contributed by atoms with van der Waals surface area (Å²) in [5, 5.41) is 6.42. The number of amides is 2. The Bertz CT molecular complexity index is 1870. The Kier molecular flexibility index (Phi) is 9.17. The van der Waals surface area contributed by atoms with Crippen molar-refractivity contribution >= 4 is 38.6 Å². The van der Waals surface area contributed by atoms with E-state index < -0.39 is 27.7 Å². The molecule has 0 spiro atoms. The number of fused-ring (bicyclic) bond motifs is 1. The molecule has 10 heteroatoms. The standard InChI is InChI=1S/C35H35N3O6S/c1-35(2,3)27-14-12-24(13-15-27)29(20-23-8-10-25(11-9-23)33(39)36-18-19-45(41,42)43)34(40)38-28-16-17-30(37-22-28)32-21-26-6-4-5-7-31(26)44-32/h4-17,21-22,29H,18-20H2,1-3H3,(H,36,39)(H,38,40)(H,41,42,43)/p-1. The Hall–Kier alpha value is -4.80. The number of carbonyl (C=O) groups excluding carboxylic acids is 2. The van der Waals surface area contributed by atoms with Crippen LogP contribution < -0.4 is 10.6 Å². The quantitative estimate of drug-likeness (QED) is 0.181. The number of nitrogens with zero attached hydrogens (tertiary/aromatic N) is 1. The Morgan fingerprint density at radius 1 is 0.933 bits per heavy atom. The van der Waals surface area contributed by atoms with Gasteiger partial charge in [-0.15, -0.1) is 0 Å². The number of carbonyl (C=O) groups is 2. The molecule has 0 bridgehead atoms. The highest BCUT2D eigenvalue weighted by molar-refractivity contribution is 7.85. The Balaban J connectivity index is 1.33. The summed E-state index contributed by atoms with van der Waals surface area (Å²) in [5.74, 6) is -1.29. The second kappa shape index (κ2) is 13.1. The molecule has 9 nitrogen and oxygen atoms in total. The number of hydrogen-bond donors (Lipinski definition) is 2. The van der Waals surface area contributed by atoms with Crippen LogP contribution in [0.15, 0.2) is 102 Å². The van der Waals surface area contributed by atoms with Gasteiger partial charge in [-0.1, -0.05) is 75.4 Å². The maximum Gasteiger partial charge on any atom is 0.251 e. The van der Waals surface area contributed by atoms with Crippen molar-refractivity contribution in [1.29, 1.82) is 0 Å². The van der Waals surface area contributed by atoms with E-state index in [1.165, 1.54) is 0 Å². The molecule has 2 heterocycles. The van der Waals surface area contributed by atoms with Gasteiger partial charge in [0.25, 0.3) is 5.91 Å². The number of furan rings is 1. The van der Waals surface area contributed by atoms with Crippen LogP contribution in [0, 0.1) is 0 Å². The number of hydrogen-bond acceptors (Lipinski definition) is 7. The van der Waals surface area contributed by atoms with Crippen LogP contribution in [0.25, 0.3) is 22.4 Å². The van der Waals surface area contributed by atoms with E-state index in [2.05, 4.69) is 36.4 Å². The normalized spacial score (nSPS) is 12.5. The van der Waals surface area contributed by atoms with Crippen molar-refractivity contribution in [2.75, 3.05) is 17.6 Å². The Morgan fingerprint density at radius 3 is 2.27 bits per heavy atom. The number of rotatable bonds is 10. The Morgan fingerprint density at radius 2 is 1.64 bits per heavy atom. The predicted octanol–water partition coefficient (Wildman–Crippen LogP) is 6.03. The molecule has 0 aliphatic carbocycles. The van der Waals surface area contributed by atoms with Crippen LogP contribution in [0.2, 0.25) is 0 Å². The molecule has 5 rings (SSSR count). The first kappa shape index (κ1) is 31.6. The van der Waals surface area contributed by atoms with Gasteiger partial charge in [0.1, 0.15) is 11.3 Å². The maximum atomic E-state index is 13.7. The first-order chi connectivity index (χ1) is 21.4.